The molecule has 88 valence electrons. The van der Waals surface area contributed by atoms with Gasteiger partial charge in [-0.15, -0.1) is 0 Å². The molecule has 0 saturated heterocycles. The first kappa shape index (κ1) is 12.5. The molecular weight excluding hydrogens is 206 g/mol. The molecule has 0 fully saturated rings. The highest BCUT2D eigenvalue weighted by Crippen LogP contribution is 2.14. The standard InChI is InChI=1S/C12H17NO3/c1-8(2)11(7-14)13-10-5-3-4-9(6-10)12(15)16/h3-6,8,11,13-14H,7H2,1-2H3,(H,15,16). The van der Waals surface area contributed by atoms with Gasteiger partial charge in [-0.25, -0.2) is 4.79 Å². The number of aliphatic hydroxyl groups is 1. The zero-order valence-corrected chi connectivity index (χ0v) is 9.47. The van der Waals surface area contributed by atoms with Crippen LogP contribution in [0.3, 0.4) is 0 Å². The molecule has 4 nitrogen and oxygen atoms in total. The highest BCUT2D eigenvalue weighted by molar-refractivity contribution is 5.88. The summed E-state index contributed by atoms with van der Waals surface area (Å²) in [5, 5.41) is 21.1. The van der Waals surface area contributed by atoms with Gasteiger partial charge in [-0.3, -0.25) is 0 Å². The predicted octanol–water partition coefficient (Wildman–Crippen LogP) is 1.81. The van der Waals surface area contributed by atoms with E-state index in [2.05, 4.69) is 5.32 Å². The maximum Gasteiger partial charge on any atom is 0.335 e. The van der Waals surface area contributed by atoms with Crippen LogP contribution in [0.25, 0.3) is 0 Å². The number of aromatic carboxylic acids is 1. The normalized spacial score (nSPS) is 12.5. The van der Waals surface area contributed by atoms with Gasteiger partial charge in [0.2, 0.25) is 0 Å². The summed E-state index contributed by atoms with van der Waals surface area (Å²) in [4.78, 5) is 10.8. The molecule has 16 heavy (non-hydrogen) atoms. The van der Waals surface area contributed by atoms with E-state index in [1.54, 1.807) is 18.2 Å². The second-order valence-corrected chi connectivity index (χ2v) is 4.06. The number of rotatable bonds is 5. The number of hydrogen-bond acceptors (Lipinski definition) is 3. The Balaban J connectivity index is 2.80. The average Bonchev–Trinajstić information content (AvgIpc) is 2.25. The minimum absolute atomic E-state index is 0.0228. The van der Waals surface area contributed by atoms with E-state index in [0.29, 0.717) is 5.69 Å². The molecule has 0 spiro atoms. The Morgan fingerprint density at radius 2 is 2.12 bits per heavy atom. The van der Waals surface area contributed by atoms with Crippen LogP contribution in [0.5, 0.6) is 0 Å². The third-order valence-electron chi connectivity index (χ3n) is 2.46. The van der Waals surface area contributed by atoms with Gasteiger partial charge in [-0.2, -0.15) is 0 Å². The number of carboxylic acid groups (broad SMARTS) is 1. The van der Waals surface area contributed by atoms with Gasteiger partial charge in [0, 0.05) is 5.69 Å². The number of hydrogen-bond donors (Lipinski definition) is 3. The first-order valence-electron chi connectivity index (χ1n) is 5.25. The second kappa shape index (κ2) is 5.51. The first-order chi connectivity index (χ1) is 7.54. The molecule has 0 aliphatic carbocycles. The van der Waals surface area contributed by atoms with E-state index in [9.17, 15) is 4.79 Å². The summed E-state index contributed by atoms with van der Waals surface area (Å²) in [5.41, 5.74) is 0.957. The Morgan fingerprint density at radius 3 is 2.62 bits per heavy atom. The lowest BCUT2D eigenvalue weighted by Crippen LogP contribution is -2.29. The Hall–Kier alpha value is -1.55. The van der Waals surface area contributed by atoms with Crippen molar-refractivity contribution < 1.29 is 15.0 Å². The molecule has 1 aromatic carbocycles. The van der Waals surface area contributed by atoms with E-state index in [0.717, 1.165) is 0 Å². The molecular formula is C12H17NO3. The summed E-state index contributed by atoms with van der Waals surface area (Å²) in [6.07, 6.45) is 0. The summed E-state index contributed by atoms with van der Waals surface area (Å²) < 4.78 is 0. The van der Waals surface area contributed by atoms with Gasteiger partial charge in [0.05, 0.1) is 18.2 Å². The van der Waals surface area contributed by atoms with Crippen LogP contribution in [0, 0.1) is 5.92 Å². The quantitative estimate of drug-likeness (QED) is 0.712. The van der Waals surface area contributed by atoms with Crippen molar-refractivity contribution in [3.05, 3.63) is 29.8 Å². The minimum atomic E-state index is -0.950. The molecule has 0 aromatic heterocycles. The smallest absolute Gasteiger partial charge is 0.335 e. The van der Waals surface area contributed by atoms with Crippen LogP contribution in [0.4, 0.5) is 5.69 Å². The number of aliphatic hydroxyl groups excluding tert-OH is 1. The number of carbonyl (C=O) groups is 1. The molecule has 0 aliphatic rings. The Labute approximate surface area is 94.9 Å². The van der Waals surface area contributed by atoms with Crippen LogP contribution < -0.4 is 5.32 Å². The minimum Gasteiger partial charge on any atom is -0.478 e. The fourth-order valence-corrected chi connectivity index (χ4v) is 1.38. The lowest BCUT2D eigenvalue weighted by molar-refractivity contribution is 0.0697. The van der Waals surface area contributed by atoms with Crippen molar-refractivity contribution in [1.82, 2.24) is 0 Å². The van der Waals surface area contributed by atoms with E-state index >= 15 is 0 Å². The number of benzene rings is 1. The zero-order valence-electron chi connectivity index (χ0n) is 9.47. The van der Waals surface area contributed by atoms with Gasteiger partial charge in [-0.1, -0.05) is 19.9 Å². The van der Waals surface area contributed by atoms with Crippen molar-refractivity contribution in [2.45, 2.75) is 19.9 Å². The molecule has 1 aromatic rings. The monoisotopic (exact) mass is 223 g/mol. The van der Waals surface area contributed by atoms with E-state index in [1.807, 2.05) is 13.8 Å². The lowest BCUT2D eigenvalue weighted by atomic mass is 10.0. The number of nitrogens with one attached hydrogen (secondary N) is 1. The summed E-state index contributed by atoms with van der Waals surface area (Å²) in [5.74, 6) is -0.674. The predicted molar refractivity (Wildman–Crippen MR) is 62.7 cm³/mol. The third kappa shape index (κ3) is 3.24. The van der Waals surface area contributed by atoms with E-state index in [4.69, 9.17) is 10.2 Å². The zero-order chi connectivity index (χ0) is 12.1. The fourth-order valence-electron chi connectivity index (χ4n) is 1.38. The summed E-state index contributed by atoms with van der Waals surface area (Å²) >= 11 is 0. The lowest BCUT2D eigenvalue weighted by Gasteiger charge is -2.21. The Bertz CT molecular complexity index is 363. The topological polar surface area (TPSA) is 69.6 Å². The van der Waals surface area contributed by atoms with Gasteiger partial charge in [-0.05, 0) is 24.1 Å². The van der Waals surface area contributed by atoms with Crippen molar-refractivity contribution >= 4 is 11.7 Å². The average molecular weight is 223 g/mol. The van der Waals surface area contributed by atoms with Crippen molar-refractivity contribution in [2.24, 2.45) is 5.92 Å². The van der Waals surface area contributed by atoms with Crippen molar-refractivity contribution in [3.63, 3.8) is 0 Å². The van der Waals surface area contributed by atoms with Gasteiger partial charge in [0.15, 0.2) is 0 Å². The van der Waals surface area contributed by atoms with Crippen molar-refractivity contribution in [3.8, 4) is 0 Å². The molecule has 1 atom stereocenters. The van der Waals surface area contributed by atoms with Gasteiger partial charge in [0.1, 0.15) is 0 Å². The molecule has 1 unspecified atom stereocenters. The van der Waals surface area contributed by atoms with Crippen LogP contribution in [0.15, 0.2) is 24.3 Å². The summed E-state index contributed by atoms with van der Waals surface area (Å²) in [7, 11) is 0. The molecule has 0 heterocycles. The van der Waals surface area contributed by atoms with E-state index < -0.39 is 5.97 Å². The number of anilines is 1. The summed E-state index contributed by atoms with van der Waals surface area (Å²) in [6, 6.07) is 6.51. The molecule has 4 heteroatoms. The van der Waals surface area contributed by atoms with Crippen LogP contribution in [-0.4, -0.2) is 28.8 Å². The van der Waals surface area contributed by atoms with Gasteiger partial charge < -0.3 is 15.5 Å². The SMILES string of the molecule is CC(C)C(CO)Nc1cccc(C(=O)O)c1. The van der Waals surface area contributed by atoms with Crippen LogP contribution in [0.1, 0.15) is 24.2 Å². The Kier molecular flexibility index (Phi) is 4.31. The largest absolute Gasteiger partial charge is 0.478 e. The van der Waals surface area contributed by atoms with Gasteiger partial charge >= 0.3 is 5.97 Å². The first-order valence-corrected chi connectivity index (χ1v) is 5.25. The maximum absolute atomic E-state index is 10.8. The van der Waals surface area contributed by atoms with Crippen molar-refractivity contribution in [2.75, 3.05) is 11.9 Å². The molecule has 0 radical (unpaired) electrons. The molecule has 0 saturated carbocycles. The maximum atomic E-state index is 10.8. The number of carboxylic acids is 1. The molecule has 0 amide bonds. The Morgan fingerprint density at radius 1 is 1.44 bits per heavy atom. The van der Waals surface area contributed by atoms with Crippen LogP contribution in [-0.2, 0) is 0 Å². The molecule has 0 aliphatic heterocycles. The third-order valence-corrected chi connectivity index (χ3v) is 2.46. The highest BCUT2D eigenvalue weighted by Gasteiger charge is 2.12. The molecule has 1 rings (SSSR count). The van der Waals surface area contributed by atoms with Gasteiger partial charge in [0.25, 0.3) is 0 Å². The van der Waals surface area contributed by atoms with E-state index in [1.165, 1.54) is 6.07 Å². The fraction of sp³-hybridized carbons (Fsp3) is 0.417. The second-order valence-electron chi connectivity index (χ2n) is 4.06. The molecule has 3 N–H and O–H groups in total. The van der Waals surface area contributed by atoms with Crippen LogP contribution >= 0.6 is 0 Å². The molecule has 0 bridgehead atoms. The summed E-state index contributed by atoms with van der Waals surface area (Å²) in [6.45, 7) is 4.01. The van der Waals surface area contributed by atoms with Crippen LogP contribution in [0.2, 0.25) is 0 Å². The van der Waals surface area contributed by atoms with E-state index in [-0.39, 0.29) is 24.1 Å². The van der Waals surface area contributed by atoms with Crippen molar-refractivity contribution in [1.29, 1.82) is 0 Å². The highest BCUT2D eigenvalue weighted by atomic mass is 16.4.